The lowest BCUT2D eigenvalue weighted by molar-refractivity contribution is -0.146. The van der Waals surface area contributed by atoms with E-state index in [0.717, 1.165) is 5.56 Å². The van der Waals surface area contributed by atoms with Gasteiger partial charge >= 0.3 is 11.5 Å². The van der Waals surface area contributed by atoms with Gasteiger partial charge in [0, 0.05) is 16.5 Å². The summed E-state index contributed by atoms with van der Waals surface area (Å²) >= 11 is -0.231. The van der Waals surface area contributed by atoms with E-state index in [9.17, 15) is 22.8 Å². The van der Waals surface area contributed by atoms with Crippen molar-refractivity contribution in [2.45, 2.75) is 35.7 Å². The van der Waals surface area contributed by atoms with Gasteiger partial charge in [-0.15, -0.1) is 0 Å². The van der Waals surface area contributed by atoms with Gasteiger partial charge in [0.2, 0.25) is 0 Å². The Hall–Kier alpha value is -2.94. The van der Waals surface area contributed by atoms with Gasteiger partial charge in [0.15, 0.2) is 0 Å². The highest BCUT2D eigenvalue weighted by Crippen LogP contribution is 2.37. The lowest BCUT2D eigenvalue weighted by Crippen LogP contribution is -2.33. The molecule has 1 amide bonds. The first-order valence-electron chi connectivity index (χ1n) is 10.4. The molecule has 2 aromatic rings. The first kappa shape index (κ1) is 24.7. The molecule has 0 fully saturated rings. The summed E-state index contributed by atoms with van der Waals surface area (Å²) in [6, 6.07) is 12.1. The average Bonchev–Trinajstić information content (AvgIpc) is 3.21. The molecule has 1 N–H and O–H groups in total. The van der Waals surface area contributed by atoms with E-state index in [-0.39, 0.29) is 46.8 Å². The number of halogens is 3. The predicted molar refractivity (Wildman–Crippen MR) is 119 cm³/mol. The molecule has 176 valence electrons. The molecule has 0 heterocycles. The number of alkyl halides is 3. The standard InChI is InChI=1S/C24H24F3NO4S/c1-3-32-23(30)21(16-5-4-6-19(14-16)31-2)17-7-10-18(13-17)28-22(29)15-8-11-20(12-9-15)33-24(25,26)27/h4-12,14,17-18,21H,3,13H2,1-2H3,(H,28,29)/t17-,18-,21-/m1/s1. The van der Waals surface area contributed by atoms with Crippen LogP contribution in [0.3, 0.4) is 0 Å². The van der Waals surface area contributed by atoms with Crippen molar-refractivity contribution in [1.82, 2.24) is 5.32 Å². The number of nitrogens with one attached hydrogen (secondary N) is 1. The third-order valence-electron chi connectivity index (χ3n) is 5.20. The van der Waals surface area contributed by atoms with Gasteiger partial charge in [-0.3, -0.25) is 9.59 Å². The lowest BCUT2D eigenvalue weighted by Gasteiger charge is -2.23. The van der Waals surface area contributed by atoms with Crippen molar-refractivity contribution in [3.63, 3.8) is 0 Å². The van der Waals surface area contributed by atoms with Gasteiger partial charge in [0.1, 0.15) is 5.75 Å². The summed E-state index contributed by atoms with van der Waals surface area (Å²) in [7, 11) is 1.55. The molecule has 0 radical (unpaired) electrons. The average molecular weight is 480 g/mol. The lowest BCUT2D eigenvalue weighted by atomic mass is 9.85. The monoisotopic (exact) mass is 479 g/mol. The predicted octanol–water partition coefficient (Wildman–Crippen LogP) is 5.33. The number of esters is 1. The van der Waals surface area contributed by atoms with Crippen molar-refractivity contribution in [1.29, 1.82) is 0 Å². The zero-order valence-electron chi connectivity index (χ0n) is 18.1. The second-order valence-corrected chi connectivity index (χ2v) is 8.58. The summed E-state index contributed by atoms with van der Waals surface area (Å²) in [6.07, 6.45) is 4.19. The summed E-state index contributed by atoms with van der Waals surface area (Å²) in [4.78, 5) is 25.3. The van der Waals surface area contributed by atoms with Crippen molar-refractivity contribution in [3.05, 3.63) is 71.8 Å². The number of benzene rings is 2. The van der Waals surface area contributed by atoms with E-state index >= 15 is 0 Å². The van der Waals surface area contributed by atoms with Gasteiger partial charge in [-0.25, -0.2) is 0 Å². The highest BCUT2D eigenvalue weighted by Gasteiger charge is 2.34. The molecular weight excluding hydrogens is 455 g/mol. The number of rotatable bonds is 8. The number of carbonyl (C=O) groups is 2. The molecule has 2 aromatic carbocycles. The van der Waals surface area contributed by atoms with Crippen molar-refractivity contribution in [2.75, 3.05) is 13.7 Å². The molecule has 0 spiro atoms. The molecule has 1 aliphatic rings. The van der Waals surface area contributed by atoms with Crippen molar-refractivity contribution >= 4 is 23.6 Å². The van der Waals surface area contributed by atoms with Crippen LogP contribution >= 0.6 is 11.8 Å². The zero-order valence-corrected chi connectivity index (χ0v) is 18.9. The summed E-state index contributed by atoms with van der Waals surface area (Å²) in [6.45, 7) is 1.99. The fourth-order valence-electron chi connectivity index (χ4n) is 3.77. The maximum absolute atomic E-state index is 12.7. The first-order chi connectivity index (χ1) is 15.7. The second-order valence-electron chi connectivity index (χ2n) is 7.44. The molecule has 0 saturated heterocycles. The molecule has 3 atom stereocenters. The fourth-order valence-corrected chi connectivity index (χ4v) is 4.31. The van der Waals surface area contributed by atoms with Crippen molar-refractivity contribution in [2.24, 2.45) is 5.92 Å². The summed E-state index contributed by atoms with van der Waals surface area (Å²) in [5.74, 6) is -0.891. The minimum absolute atomic E-state index is 0.00967. The highest BCUT2D eigenvalue weighted by atomic mass is 32.2. The molecular formula is C24H24F3NO4S. The largest absolute Gasteiger partial charge is 0.497 e. The van der Waals surface area contributed by atoms with Crippen LogP contribution in [0.15, 0.2) is 65.6 Å². The normalized spacial score (nSPS) is 18.6. The van der Waals surface area contributed by atoms with Crippen molar-refractivity contribution < 1.29 is 32.2 Å². The van der Waals surface area contributed by atoms with Crippen LogP contribution in [0.25, 0.3) is 0 Å². The summed E-state index contributed by atoms with van der Waals surface area (Å²) < 4.78 is 48.0. The second kappa shape index (κ2) is 10.8. The molecule has 1 aliphatic carbocycles. The van der Waals surface area contributed by atoms with E-state index in [0.29, 0.717) is 12.2 Å². The number of hydrogen-bond acceptors (Lipinski definition) is 5. The molecule has 0 aliphatic heterocycles. The molecule has 0 bridgehead atoms. The molecule has 5 nitrogen and oxygen atoms in total. The van der Waals surface area contributed by atoms with E-state index in [4.69, 9.17) is 9.47 Å². The van der Waals surface area contributed by atoms with Crippen LogP contribution in [0, 0.1) is 5.92 Å². The van der Waals surface area contributed by atoms with Crippen LogP contribution in [0.2, 0.25) is 0 Å². The molecule has 9 heteroatoms. The first-order valence-corrected chi connectivity index (χ1v) is 11.2. The summed E-state index contributed by atoms with van der Waals surface area (Å²) in [5, 5.41) is 2.86. The van der Waals surface area contributed by atoms with Gasteiger partial charge in [-0.1, -0.05) is 24.3 Å². The molecule has 0 saturated carbocycles. The molecule has 33 heavy (non-hydrogen) atoms. The number of thioether (sulfide) groups is 1. The van der Waals surface area contributed by atoms with Crippen LogP contribution in [-0.2, 0) is 9.53 Å². The molecule has 0 aromatic heterocycles. The highest BCUT2D eigenvalue weighted by molar-refractivity contribution is 8.00. The smallest absolute Gasteiger partial charge is 0.446 e. The number of ether oxygens (including phenoxy) is 2. The van der Waals surface area contributed by atoms with Crippen LogP contribution in [-0.4, -0.2) is 37.1 Å². The van der Waals surface area contributed by atoms with E-state index in [2.05, 4.69) is 5.32 Å². The Labute approximate surface area is 194 Å². The van der Waals surface area contributed by atoms with Gasteiger partial charge in [0.05, 0.1) is 19.6 Å². The molecule has 0 unspecified atom stereocenters. The van der Waals surface area contributed by atoms with Gasteiger partial charge < -0.3 is 14.8 Å². The van der Waals surface area contributed by atoms with E-state index < -0.39 is 17.3 Å². The number of methoxy groups -OCH3 is 1. The summed E-state index contributed by atoms with van der Waals surface area (Å²) in [5.41, 5.74) is -3.37. The Balaban J connectivity index is 1.67. The van der Waals surface area contributed by atoms with Gasteiger partial charge in [0.25, 0.3) is 5.91 Å². The van der Waals surface area contributed by atoms with Gasteiger partial charge in [-0.2, -0.15) is 13.2 Å². The van der Waals surface area contributed by atoms with Crippen LogP contribution in [0.1, 0.15) is 35.2 Å². The van der Waals surface area contributed by atoms with Crippen LogP contribution < -0.4 is 10.1 Å². The Morgan fingerprint density at radius 2 is 1.88 bits per heavy atom. The Kier molecular flexibility index (Phi) is 8.07. The maximum atomic E-state index is 12.7. The van der Waals surface area contributed by atoms with Crippen LogP contribution in [0.5, 0.6) is 5.75 Å². The van der Waals surface area contributed by atoms with E-state index in [1.807, 2.05) is 18.2 Å². The maximum Gasteiger partial charge on any atom is 0.446 e. The Bertz CT molecular complexity index is 1010. The molecule has 3 rings (SSSR count). The van der Waals surface area contributed by atoms with Gasteiger partial charge in [-0.05, 0) is 73.0 Å². The topological polar surface area (TPSA) is 64.6 Å². The Morgan fingerprint density at radius 3 is 2.52 bits per heavy atom. The van der Waals surface area contributed by atoms with E-state index in [1.165, 1.54) is 24.3 Å². The number of hydrogen-bond donors (Lipinski definition) is 1. The quantitative estimate of drug-likeness (QED) is 0.315. The number of carbonyl (C=O) groups excluding carboxylic acids is 2. The van der Waals surface area contributed by atoms with Crippen LogP contribution in [0.4, 0.5) is 13.2 Å². The number of allylic oxidation sites excluding steroid dienone is 1. The SMILES string of the molecule is CCOC(=O)[C@H](c1cccc(OC)c1)[C@@H]1C=C[C@@H](NC(=O)c2ccc(SC(F)(F)F)cc2)C1. The van der Waals surface area contributed by atoms with Crippen molar-refractivity contribution in [3.8, 4) is 5.75 Å². The minimum Gasteiger partial charge on any atom is -0.497 e. The van der Waals surface area contributed by atoms with E-state index in [1.54, 1.807) is 32.2 Å². The fraction of sp³-hybridized carbons (Fsp3) is 0.333. The third-order valence-corrected chi connectivity index (χ3v) is 5.94. The number of amides is 1. The Morgan fingerprint density at radius 1 is 1.15 bits per heavy atom. The third kappa shape index (κ3) is 6.77. The zero-order chi connectivity index (χ0) is 24.0. The minimum atomic E-state index is -4.38.